The van der Waals surface area contributed by atoms with Gasteiger partial charge in [-0.3, -0.25) is 19.2 Å². The van der Waals surface area contributed by atoms with Gasteiger partial charge in [-0.05, 0) is 24.8 Å². The van der Waals surface area contributed by atoms with Crippen molar-refractivity contribution < 1.29 is 24.3 Å². The molecule has 160 valence electrons. The van der Waals surface area contributed by atoms with Gasteiger partial charge in [0.15, 0.2) is 0 Å². The summed E-state index contributed by atoms with van der Waals surface area (Å²) in [6.45, 7) is 4.61. The first-order chi connectivity index (χ1) is 13.6. The summed E-state index contributed by atoms with van der Waals surface area (Å²) in [5.74, 6) is -3.00. The molecule has 4 atom stereocenters. The Morgan fingerprint density at radius 3 is 2.21 bits per heavy atom. The molecule has 9 heteroatoms. The zero-order chi connectivity index (χ0) is 22.0. The van der Waals surface area contributed by atoms with Crippen molar-refractivity contribution in [2.45, 2.75) is 51.7 Å². The lowest BCUT2D eigenvalue weighted by atomic mass is 9.97. The van der Waals surface area contributed by atoms with Gasteiger partial charge in [-0.15, -0.1) is 0 Å². The van der Waals surface area contributed by atoms with E-state index in [4.69, 9.17) is 10.8 Å². The van der Waals surface area contributed by atoms with Crippen LogP contribution in [0.25, 0.3) is 0 Å². The number of carbonyl (C=O) groups excluding carboxylic acids is 3. The fourth-order valence-electron chi connectivity index (χ4n) is 2.55. The number of hydrogen-bond donors (Lipinski definition) is 5. The fraction of sp³-hybridized carbons (Fsp3) is 0.500. The van der Waals surface area contributed by atoms with E-state index in [1.807, 2.05) is 37.3 Å². The Morgan fingerprint density at radius 1 is 1.03 bits per heavy atom. The Morgan fingerprint density at radius 2 is 1.66 bits per heavy atom. The number of benzene rings is 1. The van der Waals surface area contributed by atoms with Crippen LogP contribution in [0.4, 0.5) is 0 Å². The molecule has 0 aliphatic carbocycles. The quantitative estimate of drug-likeness (QED) is 0.343. The lowest BCUT2D eigenvalue weighted by molar-refractivity contribution is -0.141. The van der Waals surface area contributed by atoms with Crippen molar-refractivity contribution in [2.24, 2.45) is 11.7 Å². The Hall–Kier alpha value is -2.94. The molecule has 0 spiro atoms. The third-order valence-corrected chi connectivity index (χ3v) is 4.60. The Bertz CT molecular complexity index is 710. The average molecular weight is 406 g/mol. The van der Waals surface area contributed by atoms with Crippen LogP contribution in [0, 0.1) is 5.92 Å². The average Bonchev–Trinajstić information content (AvgIpc) is 2.69. The molecule has 4 unspecified atom stereocenters. The van der Waals surface area contributed by atoms with E-state index in [0.717, 1.165) is 5.56 Å². The number of carboxylic acids is 1. The summed E-state index contributed by atoms with van der Waals surface area (Å²) < 4.78 is 0. The van der Waals surface area contributed by atoms with Crippen LogP contribution in [0.3, 0.4) is 0 Å². The summed E-state index contributed by atoms with van der Waals surface area (Å²) in [5, 5.41) is 16.1. The number of aliphatic carboxylic acids is 1. The first kappa shape index (κ1) is 24.1. The number of carbonyl (C=O) groups is 4. The topological polar surface area (TPSA) is 151 Å². The van der Waals surface area contributed by atoms with Crippen molar-refractivity contribution in [3.63, 3.8) is 0 Å². The maximum atomic E-state index is 12.5. The molecule has 0 radical (unpaired) electrons. The molecule has 0 saturated carbocycles. The van der Waals surface area contributed by atoms with Gasteiger partial charge < -0.3 is 26.8 Å². The van der Waals surface area contributed by atoms with E-state index >= 15 is 0 Å². The highest BCUT2D eigenvalue weighted by Crippen LogP contribution is 2.09. The van der Waals surface area contributed by atoms with Crippen molar-refractivity contribution >= 4 is 23.7 Å². The Balaban J connectivity index is 2.66. The minimum atomic E-state index is -1.18. The van der Waals surface area contributed by atoms with E-state index in [2.05, 4.69) is 16.0 Å². The second-order valence-electron chi connectivity index (χ2n) is 7.01. The highest BCUT2D eigenvalue weighted by atomic mass is 16.4. The van der Waals surface area contributed by atoms with Gasteiger partial charge in [0, 0.05) is 0 Å². The molecule has 0 heterocycles. The smallest absolute Gasteiger partial charge is 0.325 e. The molecule has 3 amide bonds. The number of amides is 3. The van der Waals surface area contributed by atoms with Crippen molar-refractivity contribution in [3.8, 4) is 0 Å². The number of nitrogens with two attached hydrogens (primary N) is 1. The van der Waals surface area contributed by atoms with Crippen LogP contribution in [0.5, 0.6) is 0 Å². The highest BCUT2D eigenvalue weighted by molar-refractivity contribution is 5.92. The van der Waals surface area contributed by atoms with Crippen molar-refractivity contribution in [1.82, 2.24) is 16.0 Å². The minimum Gasteiger partial charge on any atom is -0.480 e. The van der Waals surface area contributed by atoms with E-state index in [9.17, 15) is 19.2 Å². The van der Waals surface area contributed by atoms with Gasteiger partial charge in [-0.1, -0.05) is 50.6 Å². The maximum Gasteiger partial charge on any atom is 0.325 e. The van der Waals surface area contributed by atoms with Crippen LogP contribution < -0.4 is 21.7 Å². The van der Waals surface area contributed by atoms with Gasteiger partial charge in [0.2, 0.25) is 17.7 Å². The summed E-state index contributed by atoms with van der Waals surface area (Å²) >= 11 is 0. The van der Waals surface area contributed by atoms with E-state index in [1.54, 1.807) is 6.92 Å². The van der Waals surface area contributed by atoms with Crippen molar-refractivity contribution in [3.05, 3.63) is 35.9 Å². The first-order valence-electron chi connectivity index (χ1n) is 9.55. The Kier molecular flexibility index (Phi) is 9.81. The third kappa shape index (κ3) is 8.30. The Labute approximate surface area is 170 Å². The maximum absolute atomic E-state index is 12.5. The second kappa shape index (κ2) is 11.8. The molecule has 1 rings (SSSR count). The molecule has 1 aromatic carbocycles. The zero-order valence-corrected chi connectivity index (χ0v) is 17.0. The largest absolute Gasteiger partial charge is 0.480 e. The van der Waals surface area contributed by atoms with Gasteiger partial charge in [-0.25, -0.2) is 0 Å². The molecule has 29 heavy (non-hydrogen) atoms. The van der Waals surface area contributed by atoms with Gasteiger partial charge >= 0.3 is 5.97 Å². The molecule has 0 aliphatic heterocycles. The first-order valence-corrected chi connectivity index (χ1v) is 9.55. The summed E-state index contributed by atoms with van der Waals surface area (Å²) in [7, 11) is 0. The number of hydrogen-bond acceptors (Lipinski definition) is 5. The van der Waals surface area contributed by atoms with E-state index in [1.165, 1.54) is 6.92 Å². The summed E-state index contributed by atoms with van der Waals surface area (Å²) in [4.78, 5) is 47.5. The van der Waals surface area contributed by atoms with E-state index in [0.29, 0.717) is 12.8 Å². The van der Waals surface area contributed by atoms with Gasteiger partial charge in [0.1, 0.15) is 12.1 Å². The molecular formula is C20H30N4O5. The molecule has 0 fully saturated rings. The lowest BCUT2D eigenvalue weighted by Gasteiger charge is -2.25. The van der Waals surface area contributed by atoms with Crippen LogP contribution in [0.1, 0.15) is 32.8 Å². The molecule has 6 N–H and O–H groups in total. The van der Waals surface area contributed by atoms with Crippen LogP contribution in [-0.4, -0.2) is 53.5 Å². The standard InChI is InChI=1S/C20H30N4O5/c1-4-12(2)17(19(27)22-11-16(25)23-13(3)20(28)29)24-18(26)15(21)10-14-8-6-5-7-9-14/h5-9,12-13,15,17H,4,10-11,21H2,1-3H3,(H,22,27)(H,23,25)(H,24,26)(H,28,29). The number of carboxylic acid groups (broad SMARTS) is 1. The number of rotatable bonds is 11. The molecular weight excluding hydrogens is 376 g/mol. The van der Waals surface area contributed by atoms with Gasteiger partial charge in [-0.2, -0.15) is 0 Å². The minimum absolute atomic E-state index is 0.191. The van der Waals surface area contributed by atoms with Crippen molar-refractivity contribution in [2.75, 3.05) is 6.54 Å². The monoisotopic (exact) mass is 406 g/mol. The van der Waals surface area contributed by atoms with Crippen LogP contribution in [0.2, 0.25) is 0 Å². The van der Waals surface area contributed by atoms with Gasteiger partial charge in [0.05, 0.1) is 12.6 Å². The highest BCUT2D eigenvalue weighted by Gasteiger charge is 2.28. The lowest BCUT2D eigenvalue weighted by Crippen LogP contribution is -2.55. The SMILES string of the molecule is CCC(C)C(NC(=O)C(N)Cc1ccccc1)C(=O)NCC(=O)NC(C)C(=O)O. The summed E-state index contributed by atoms with van der Waals surface area (Å²) in [6, 6.07) is 6.55. The molecule has 0 bridgehead atoms. The summed E-state index contributed by atoms with van der Waals surface area (Å²) in [5.41, 5.74) is 6.89. The van der Waals surface area contributed by atoms with Gasteiger partial charge in [0.25, 0.3) is 0 Å². The molecule has 9 nitrogen and oxygen atoms in total. The third-order valence-electron chi connectivity index (χ3n) is 4.60. The number of nitrogens with one attached hydrogen (secondary N) is 3. The predicted molar refractivity (Wildman–Crippen MR) is 108 cm³/mol. The fourth-order valence-corrected chi connectivity index (χ4v) is 2.55. The molecule has 0 aromatic heterocycles. The van der Waals surface area contributed by atoms with Crippen molar-refractivity contribution in [1.29, 1.82) is 0 Å². The molecule has 1 aromatic rings. The molecule has 0 aliphatic rings. The normalized spacial score (nSPS) is 14.8. The summed E-state index contributed by atoms with van der Waals surface area (Å²) in [6.07, 6.45) is 0.950. The second-order valence-corrected chi connectivity index (χ2v) is 7.01. The molecule has 0 saturated heterocycles. The van der Waals surface area contributed by atoms with E-state index < -0.39 is 48.4 Å². The van der Waals surface area contributed by atoms with Crippen LogP contribution >= 0.6 is 0 Å². The van der Waals surface area contributed by atoms with Crippen LogP contribution in [-0.2, 0) is 25.6 Å². The predicted octanol–water partition coefficient (Wildman–Crippen LogP) is -0.207. The zero-order valence-electron chi connectivity index (χ0n) is 17.0. The van der Waals surface area contributed by atoms with Crippen LogP contribution in [0.15, 0.2) is 30.3 Å². The van der Waals surface area contributed by atoms with E-state index in [-0.39, 0.29) is 5.92 Å².